The van der Waals surface area contributed by atoms with E-state index in [4.69, 9.17) is 10.3 Å². The summed E-state index contributed by atoms with van der Waals surface area (Å²) in [4.78, 5) is 12.3. The smallest absolute Gasteiger partial charge is 0.230 e. The van der Waals surface area contributed by atoms with Crippen LogP contribution in [0.15, 0.2) is 34.9 Å². The van der Waals surface area contributed by atoms with Crippen molar-refractivity contribution in [2.24, 2.45) is 0 Å². The van der Waals surface area contributed by atoms with Crippen LogP contribution >= 0.6 is 0 Å². The summed E-state index contributed by atoms with van der Waals surface area (Å²) in [6.07, 6.45) is 0. The Morgan fingerprint density at radius 2 is 2.00 bits per heavy atom. The van der Waals surface area contributed by atoms with Crippen LogP contribution < -0.4 is 11.1 Å². The lowest BCUT2D eigenvalue weighted by Crippen LogP contribution is -2.39. The zero-order chi connectivity index (χ0) is 14.8. The highest BCUT2D eigenvalue weighted by Crippen LogP contribution is 2.24. The van der Waals surface area contributed by atoms with E-state index in [1.54, 1.807) is 18.2 Å². The highest BCUT2D eigenvalue weighted by molar-refractivity contribution is 5.87. The molecule has 106 valence electrons. The molecule has 0 aliphatic heterocycles. The van der Waals surface area contributed by atoms with Gasteiger partial charge in [-0.2, -0.15) is 0 Å². The molecule has 0 aliphatic rings. The number of nitrogen functional groups attached to an aromatic ring is 1. The molecule has 0 aliphatic carbocycles. The second-order valence-corrected chi connectivity index (χ2v) is 5.36. The third-order valence-corrected chi connectivity index (χ3v) is 3.30. The Morgan fingerprint density at radius 1 is 1.35 bits per heavy atom. The molecular formula is C15H19N3O2. The maximum absolute atomic E-state index is 12.3. The minimum atomic E-state index is -0.636. The van der Waals surface area contributed by atoms with Gasteiger partial charge in [-0.3, -0.25) is 4.79 Å². The van der Waals surface area contributed by atoms with E-state index in [-0.39, 0.29) is 5.91 Å². The Hall–Kier alpha value is -2.30. The van der Waals surface area contributed by atoms with Crippen LogP contribution in [0.2, 0.25) is 0 Å². The number of aromatic nitrogens is 1. The van der Waals surface area contributed by atoms with Crippen LogP contribution in [0.3, 0.4) is 0 Å². The van der Waals surface area contributed by atoms with Gasteiger partial charge in [0.05, 0.1) is 17.7 Å². The van der Waals surface area contributed by atoms with E-state index in [0.29, 0.717) is 18.0 Å². The van der Waals surface area contributed by atoms with Gasteiger partial charge in [0.25, 0.3) is 0 Å². The monoisotopic (exact) mass is 273 g/mol. The van der Waals surface area contributed by atoms with Gasteiger partial charge in [0, 0.05) is 11.8 Å². The summed E-state index contributed by atoms with van der Waals surface area (Å²) in [7, 11) is 0. The van der Waals surface area contributed by atoms with Gasteiger partial charge in [0.1, 0.15) is 0 Å². The van der Waals surface area contributed by atoms with Gasteiger partial charge >= 0.3 is 0 Å². The first-order valence-corrected chi connectivity index (χ1v) is 6.46. The highest BCUT2D eigenvalue weighted by Gasteiger charge is 2.29. The predicted molar refractivity (Wildman–Crippen MR) is 77.0 cm³/mol. The number of carbonyl (C=O) groups excluding carboxylic acids is 1. The first-order valence-electron chi connectivity index (χ1n) is 6.46. The maximum Gasteiger partial charge on any atom is 0.230 e. The Labute approximate surface area is 118 Å². The molecule has 2 aromatic rings. The number of benzene rings is 1. The third kappa shape index (κ3) is 2.99. The fraction of sp³-hybridized carbons (Fsp3) is 0.333. The zero-order valence-corrected chi connectivity index (χ0v) is 11.9. The zero-order valence-electron chi connectivity index (χ0n) is 11.9. The van der Waals surface area contributed by atoms with Gasteiger partial charge < -0.3 is 15.6 Å². The average Bonchev–Trinajstić information content (AvgIpc) is 2.82. The van der Waals surface area contributed by atoms with Crippen LogP contribution in [0.25, 0.3) is 0 Å². The molecule has 1 aromatic heterocycles. The number of amides is 1. The number of hydrogen-bond donors (Lipinski definition) is 2. The van der Waals surface area contributed by atoms with Crippen LogP contribution in [0, 0.1) is 6.92 Å². The minimum absolute atomic E-state index is 0.0728. The van der Waals surface area contributed by atoms with E-state index in [1.807, 2.05) is 32.9 Å². The average molecular weight is 273 g/mol. The van der Waals surface area contributed by atoms with E-state index in [0.717, 1.165) is 11.3 Å². The number of hydrogen-bond acceptors (Lipinski definition) is 4. The first-order chi connectivity index (χ1) is 9.39. The van der Waals surface area contributed by atoms with Gasteiger partial charge in [0.15, 0.2) is 5.76 Å². The fourth-order valence-corrected chi connectivity index (χ4v) is 1.92. The molecule has 1 aromatic carbocycles. The van der Waals surface area contributed by atoms with Crippen molar-refractivity contribution >= 4 is 11.6 Å². The van der Waals surface area contributed by atoms with Gasteiger partial charge in [-0.05, 0) is 38.5 Å². The summed E-state index contributed by atoms with van der Waals surface area (Å²) in [5.41, 5.74) is 7.42. The second-order valence-electron chi connectivity index (χ2n) is 5.36. The molecule has 0 saturated carbocycles. The molecule has 2 rings (SSSR count). The summed E-state index contributed by atoms with van der Waals surface area (Å²) in [6.45, 7) is 5.92. The third-order valence-electron chi connectivity index (χ3n) is 3.30. The summed E-state index contributed by atoms with van der Waals surface area (Å²) >= 11 is 0. The lowest BCUT2D eigenvalue weighted by atomic mass is 9.83. The summed E-state index contributed by atoms with van der Waals surface area (Å²) in [5, 5.41) is 6.65. The molecule has 0 unspecified atom stereocenters. The number of rotatable bonds is 4. The van der Waals surface area contributed by atoms with E-state index in [1.165, 1.54) is 0 Å². The normalized spacial score (nSPS) is 11.3. The van der Waals surface area contributed by atoms with E-state index >= 15 is 0 Å². The molecule has 1 amide bonds. The van der Waals surface area contributed by atoms with Gasteiger partial charge in [-0.15, -0.1) is 0 Å². The van der Waals surface area contributed by atoms with Crippen molar-refractivity contribution in [1.82, 2.24) is 10.5 Å². The second kappa shape index (κ2) is 5.36. The van der Waals surface area contributed by atoms with Crippen LogP contribution in [0.5, 0.6) is 0 Å². The fourth-order valence-electron chi connectivity index (χ4n) is 1.92. The number of nitrogens with zero attached hydrogens (tertiary/aromatic N) is 1. The van der Waals surface area contributed by atoms with Gasteiger partial charge in [0.2, 0.25) is 5.91 Å². The van der Waals surface area contributed by atoms with Crippen LogP contribution in [-0.2, 0) is 16.8 Å². The van der Waals surface area contributed by atoms with Crippen LogP contribution in [-0.4, -0.2) is 11.1 Å². The van der Waals surface area contributed by atoms with Crippen molar-refractivity contribution in [3.8, 4) is 0 Å². The molecule has 5 heteroatoms. The maximum atomic E-state index is 12.3. The van der Waals surface area contributed by atoms with E-state index in [2.05, 4.69) is 10.5 Å². The molecule has 0 bridgehead atoms. The van der Waals surface area contributed by atoms with Crippen LogP contribution in [0.4, 0.5) is 5.69 Å². The van der Waals surface area contributed by atoms with Crippen molar-refractivity contribution < 1.29 is 9.32 Å². The number of anilines is 1. The minimum Gasteiger partial charge on any atom is -0.399 e. The molecule has 20 heavy (non-hydrogen) atoms. The molecule has 0 radical (unpaired) electrons. The Kier molecular flexibility index (Phi) is 3.79. The van der Waals surface area contributed by atoms with Crippen molar-refractivity contribution in [2.75, 3.05) is 5.73 Å². The quantitative estimate of drug-likeness (QED) is 0.836. The Morgan fingerprint density at radius 3 is 2.55 bits per heavy atom. The van der Waals surface area contributed by atoms with Crippen LogP contribution in [0.1, 0.15) is 30.9 Å². The Balaban J connectivity index is 2.05. The SMILES string of the molecule is Cc1cc(CNC(=O)C(C)(C)c2ccc(N)cc2)on1. The number of aryl methyl sites for hydroxylation is 1. The van der Waals surface area contributed by atoms with Crippen molar-refractivity contribution in [2.45, 2.75) is 32.7 Å². The topological polar surface area (TPSA) is 81.2 Å². The molecule has 5 nitrogen and oxygen atoms in total. The summed E-state index contributed by atoms with van der Waals surface area (Å²) in [6, 6.07) is 9.13. The van der Waals surface area contributed by atoms with Gasteiger partial charge in [-0.1, -0.05) is 17.3 Å². The molecule has 1 heterocycles. The molecule has 3 N–H and O–H groups in total. The number of nitrogens with two attached hydrogens (primary N) is 1. The van der Waals surface area contributed by atoms with Crippen molar-refractivity contribution in [3.63, 3.8) is 0 Å². The van der Waals surface area contributed by atoms with E-state index in [9.17, 15) is 4.79 Å². The standard InChI is InChI=1S/C15H19N3O2/c1-10-8-13(20-18-10)9-17-14(19)15(2,3)11-4-6-12(16)7-5-11/h4-8H,9,16H2,1-3H3,(H,17,19). The largest absolute Gasteiger partial charge is 0.399 e. The molecule has 0 fully saturated rings. The lowest BCUT2D eigenvalue weighted by Gasteiger charge is -2.24. The first kappa shape index (κ1) is 14.1. The van der Waals surface area contributed by atoms with E-state index < -0.39 is 5.41 Å². The number of nitrogens with one attached hydrogen (secondary N) is 1. The molecular weight excluding hydrogens is 254 g/mol. The van der Waals surface area contributed by atoms with Gasteiger partial charge in [-0.25, -0.2) is 0 Å². The molecule has 0 atom stereocenters. The Bertz CT molecular complexity index is 600. The molecule has 0 saturated heterocycles. The summed E-state index contributed by atoms with van der Waals surface area (Å²) < 4.78 is 5.07. The summed E-state index contributed by atoms with van der Waals surface area (Å²) in [5.74, 6) is 0.570. The highest BCUT2D eigenvalue weighted by atomic mass is 16.5. The molecule has 0 spiro atoms. The predicted octanol–water partition coefficient (Wildman–Crippen LogP) is 2.16. The van der Waals surface area contributed by atoms with Crippen molar-refractivity contribution in [1.29, 1.82) is 0 Å². The van der Waals surface area contributed by atoms with Crippen molar-refractivity contribution in [3.05, 3.63) is 47.3 Å². The number of carbonyl (C=O) groups is 1. The lowest BCUT2D eigenvalue weighted by molar-refractivity contribution is -0.125.